The maximum atomic E-state index is 13.9. The Hall–Kier alpha value is -3.35. The van der Waals surface area contributed by atoms with Gasteiger partial charge in [-0.2, -0.15) is 0 Å². The van der Waals surface area contributed by atoms with Crippen molar-refractivity contribution in [3.63, 3.8) is 0 Å². The molecule has 3 amide bonds. The van der Waals surface area contributed by atoms with Crippen molar-refractivity contribution < 1.29 is 19.1 Å². The lowest BCUT2D eigenvalue weighted by Gasteiger charge is -2.33. The van der Waals surface area contributed by atoms with Crippen molar-refractivity contribution in [3.8, 4) is 0 Å². The van der Waals surface area contributed by atoms with Gasteiger partial charge in [0.25, 0.3) is 5.91 Å². The zero-order valence-electron chi connectivity index (χ0n) is 23.0. The number of hydrogen-bond acceptors (Lipinski definition) is 4. The van der Waals surface area contributed by atoms with Crippen molar-refractivity contribution in [1.29, 1.82) is 0 Å². The van der Waals surface area contributed by atoms with Gasteiger partial charge in [-0.15, -0.1) is 0 Å². The quantitative estimate of drug-likeness (QED) is 0.463. The van der Waals surface area contributed by atoms with Crippen molar-refractivity contribution in [2.75, 3.05) is 18.4 Å². The van der Waals surface area contributed by atoms with E-state index in [-0.39, 0.29) is 18.4 Å². The summed E-state index contributed by atoms with van der Waals surface area (Å²) < 4.78 is 5.29. The normalized spacial score (nSPS) is 12.0. The largest absolute Gasteiger partial charge is 0.444 e. The van der Waals surface area contributed by atoms with E-state index in [0.29, 0.717) is 6.54 Å². The molecule has 2 aromatic carbocycles. The number of hydrogen-bond donors (Lipinski definition) is 2. The molecule has 7 heteroatoms. The van der Waals surface area contributed by atoms with Crippen LogP contribution in [0.1, 0.15) is 74.4 Å². The molecule has 2 rings (SSSR count). The number of para-hydroxylation sites is 1. The highest BCUT2D eigenvalue weighted by Crippen LogP contribution is 2.30. The number of aryl methyl sites for hydroxylation is 4. The van der Waals surface area contributed by atoms with E-state index < -0.39 is 17.7 Å². The number of alkyl carbamates (subject to hydrolysis) is 1. The number of unbranched alkanes of at least 4 members (excludes halogenated alkanes) is 1. The Balaban J connectivity index is 2.47. The number of nitrogens with one attached hydrogen (secondary N) is 2. The van der Waals surface area contributed by atoms with Gasteiger partial charge in [0.15, 0.2) is 0 Å². The van der Waals surface area contributed by atoms with Crippen LogP contribution in [0.4, 0.5) is 10.5 Å². The number of benzene rings is 2. The van der Waals surface area contributed by atoms with E-state index in [2.05, 4.69) is 10.6 Å². The van der Waals surface area contributed by atoms with Gasteiger partial charge in [-0.3, -0.25) is 9.59 Å². The van der Waals surface area contributed by atoms with Crippen molar-refractivity contribution in [3.05, 3.63) is 64.2 Å². The maximum Gasteiger partial charge on any atom is 0.408 e. The van der Waals surface area contributed by atoms with Gasteiger partial charge in [0.05, 0.1) is 0 Å². The zero-order valence-corrected chi connectivity index (χ0v) is 23.0. The predicted molar refractivity (Wildman–Crippen MR) is 144 cm³/mol. The van der Waals surface area contributed by atoms with E-state index >= 15 is 0 Å². The van der Waals surface area contributed by atoms with E-state index in [1.165, 1.54) is 0 Å². The third kappa shape index (κ3) is 7.83. The van der Waals surface area contributed by atoms with Gasteiger partial charge < -0.3 is 20.3 Å². The van der Waals surface area contributed by atoms with Crippen LogP contribution < -0.4 is 10.6 Å². The molecule has 0 aliphatic rings. The highest BCUT2D eigenvalue weighted by Gasteiger charge is 2.34. The van der Waals surface area contributed by atoms with E-state index in [1.54, 1.807) is 25.7 Å². The van der Waals surface area contributed by atoms with Crippen molar-refractivity contribution >= 4 is 23.6 Å². The smallest absolute Gasteiger partial charge is 0.408 e. The van der Waals surface area contributed by atoms with Crippen LogP contribution in [-0.4, -0.2) is 41.5 Å². The van der Waals surface area contributed by atoms with Crippen LogP contribution in [0.3, 0.4) is 0 Å². The molecule has 0 spiro atoms. The Bertz CT molecular complexity index is 1050. The lowest BCUT2D eigenvalue weighted by molar-refractivity contribution is -0.138. The van der Waals surface area contributed by atoms with Gasteiger partial charge in [-0.25, -0.2) is 4.79 Å². The Morgan fingerprint density at radius 3 is 1.94 bits per heavy atom. The van der Waals surface area contributed by atoms with Gasteiger partial charge >= 0.3 is 6.09 Å². The van der Waals surface area contributed by atoms with Crippen LogP contribution in [0.5, 0.6) is 0 Å². The number of carbonyl (C=O) groups excluding carboxylic acids is 3. The molecule has 0 bridgehead atoms. The highest BCUT2D eigenvalue weighted by atomic mass is 16.6. The summed E-state index contributed by atoms with van der Waals surface area (Å²) in [4.78, 5) is 41.3. The first-order valence-electron chi connectivity index (χ1n) is 12.5. The summed E-state index contributed by atoms with van der Waals surface area (Å²) in [5.74, 6) is -0.634. The standard InChI is InChI=1S/C29H41N3O4/c1-9-10-17-32(23(33)18-30-28(35)36-29(6,7)8)26(24-19(2)13-11-14-20(24)3)27(34)31-25-21(4)15-12-16-22(25)5/h11-16,26H,9-10,17-18H2,1-8H3,(H,30,35)(H,31,34). The molecule has 0 heterocycles. The second kappa shape index (κ2) is 12.6. The number of amides is 3. The van der Waals surface area contributed by atoms with Gasteiger partial charge in [0.2, 0.25) is 5.91 Å². The highest BCUT2D eigenvalue weighted by molar-refractivity contribution is 5.99. The number of rotatable bonds is 9. The summed E-state index contributed by atoms with van der Waals surface area (Å²) >= 11 is 0. The van der Waals surface area contributed by atoms with Gasteiger partial charge in [-0.05, 0) is 82.7 Å². The molecular weight excluding hydrogens is 454 g/mol. The molecule has 0 fully saturated rings. The van der Waals surface area contributed by atoms with Crippen LogP contribution in [0, 0.1) is 27.7 Å². The summed E-state index contributed by atoms with van der Waals surface area (Å²) in [5.41, 5.74) is 4.60. The molecular formula is C29H41N3O4. The molecule has 2 N–H and O–H groups in total. The average molecular weight is 496 g/mol. The molecule has 7 nitrogen and oxygen atoms in total. The van der Waals surface area contributed by atoms with Crippen LogP contribution >= 0.6 is 0 Å². The topological polar surface area (TPSA) is 87.7 Å². The number of anilines is 1. The first kappa shape index (κ1) is 28.9. The Labute approximate surface area is 215 Å². The summed E-state index contributed by atoms with van der Waals surface area (Å²) in [5, 5.41) is 5.65. The van der Waals surface area contributed by atoms with E-state index in [0.717, 1.165) is 46.3 Å². The van der Waals surface area contributed by atoms with Gasteiger partial charge in [0, 0.05) is 12.2 Å². The van der Waals surface area contributed by atoms with Crippen molar-refractivity contribution in [2.45, 2.75) is 79.9 Å². The first-order chi connectivity index (χ1) is 16.9. The summed E-state index contributed by atoms with van der Waals surface area (Å²) in [6, 6.07) is 10.8. The molecule has 0 saturated heterocycles. The molecule has 0 radical (unpaired) electrons. The maximum absolute atomic E-state index is 13.9. The second-order valence-electron chi connectivity index (χ2n) is 10.3. The van der Waals surface area contributed by atoms with Gasteiger partial charge in [0.1, 0.15) is 18.2 Å². The average Bonchev–Trinajstić information content (AvgIpc) is 2.77. The molecule has 196 valence electrons. The second-order valence-corrected chi connectivity index (χ2v) is 10.3. The van der Waals surface area contributed by atoms with Crippen LogP contribution in [0.25, 0.3) is 0 Å². The molecule has 36 heavy (non-hydrogen) atoms. The van der Waals surface area contributed by atoms with Crippen molar-refractivity contribution in [2.24, 2.45) is 0 Å². The third-order valence-electron chi connectivity index (χ3n) is 5.96. The summed E-state index contributed by atoms with van der Waals surface area (Å²) in [7, 11) is 0. The summed E-state index contributed by atoms with van der Waals surface area (Å²) in [6.45, 7) is 15.2. The number of nitrogens with zero attached hydrogens (tertiary/aromatic N) is 1. The number of carbonyl (C=O) groups is 3. The summed E-state index contributed by atoms with van der Waals surface area (Å²) in [6.07, 6.45) is 0.896. The van der Waals surface area contributed by atoms with E-state index in [1.807, 2.05) is 71.0 Å². The number of ether oxygens (including phenoxy) is 1. The lowest BCUT2D eigenvalue weighted by atomic mass is 9.93. The fourth-order valence-corrected chi connectivity index (χ4v) is 4.18. The predicted octanol–water partition coefficient (Wildman–Crippen LogP) is 5.75. The Morgan fingerprint density at radius 2 is 1.44 bits per heavy atom. The minimum Gasteiger partial charge on any atom is -0.444 e. The van der Waals surface area contributed by atoms with Crippen LogP contribution in [0.2, 0.25) is 0 Å². The molecule has 2 aromatic rings. The molecule has 1 unspecified atom stereocenters. The van der Waals surface area contributed by atoms with Crippen molar-refractivity contribution in [1.82, 2.24) is 10.2 Å². The fourth-order valence-electron chi connectivity index (χ4n) is 4.18. The third-order valence-corrected chi connectivity index (χ3v) is 5.96. The van der Waals surface area contributed by atoms with Crippen LogP contribution in [-0.2, 0) is 14.3 Å². The SMILES string of the molecule is CCCCN(C(=O)CNC(=O)OC(C)(C)C)C(C(=O)Nc1c(C)cccc1C)c1c(C)cccc1C. The first-order valence-corrected chi connectivity index (χ1v) is 12.5. The molecule has 0 aliphatic carbocycles. The Morgan fingerprint density at radius 1 is 0.917 bits per heavy atom. The van der Waals surface area contributed by atoms with E-state index in [4.69, 9.17) is 4.74 Å². The molecule has 1 atom stereocenters. The zero-order chi connectivity index (χ0) is 27.0. The fraction of sp³-hybridized carbons (Fsp3) is 0.483. The lowest BCUT2D eigenvalue weighted by Crippen LogP contribution is -2.47. The monoisotopic (exact) mass is 495 g/mol. The van der Waals surface area contributed by atoms with E-state index in [9.17, 15) is 14.4 Å². The van der Waals surface area contributed by atoms with Crippen LogP contribution in [0.15, 0.2) is 36.4 Å². The van der Waals surface area contributed by atoms with Gasteiger partial charge in [-0.1, -0.05) is 49.7 Å². The molecule has 0 aliphatic heterocycles. The minimum atomic E-state index is -0.857. The Kier molecular flexibility index (Phi) is 10.1. The minimum absolute atomic E-state index is 0.267. The molecule has 0 aromatic heterocycles. The molecule has 0 saturated carbocycles.